The fourth-order valence-corrected chi connectivity index (χ4v) is 2.40. The van der Waals surface area contributed by atoms with Crippen LogP contribution in [0.15, 0.2) is 42.7 Å². The SMILES string of the molecule is CCOc1cc(/C=C\c2cc[n+](CCCCC(=O)O)cc2)ccc1O.[Cl-]. The number of phenolic OH excluding ortho intramolecular Hbond substituents is 1. The number of carboxylic acid groups (broad SMARTS) is 1. The molecule has 0 amide bonds. The maximum Gasteiger partial charge on any atom is 0.303 e. The lowest BCUT2D eigenvalue weighted by atomic mass is 10.1. The van der Waals surface area contributed by atoms with Gasteiger partial charge >= 0.3 is 5.97 Å². The predicted octanol–water partition coefficient (Wildman–Crippen LogP) is 0.508. The second-order valence-electron chi connectivity index (χ2n) is 5.71. The molecule has 0 aliphatic carbocycles. The molecule has 0 bridgehead atoms. The second-order valence-corrected chi connectivity index (χ2v) is 5.71. The molecule has 0 fully saturated rings. The number of hydrogen-bond donors (Lipinski definition) is 2. The van der Waals surface area contributed by atoms with Crippen LogP contribution in [-0.4, -0.2) is 22.8 Å². The molecule has 2 N–H and O–H groups in total. The normalized spacial score (nSPS) is 10.5. The molecule has 5 nitrogen and oxygen atoms in total. The van der Waals surface area contributed by atoms with Crippen molar-refractivity contribution in [2.24, 2.45) is 0 Å². The Labute approximate surface area is 160 Å². The zero-order valence-corrected chi connectivity index (χ0v) is 15.5. The van der Waals surface area contributed by atoms with Gasteiger partial charge in [-0.05, 0) is 36.6 Å². The first-order chi connectivity index (χ1) is 12.1. The van der Waals surface area contributed by atoms with E-state index in [1.54, 1.807) is 12.1 Å². The number of rotatable bonds is 9. The molecule has 1 aromatic heterocycles. The van der Waals surface area contributed by atoms with Crippen LogP contribution in [0.25, 0.3) is 12.2 Å². The van der Waals surface area contributed by atoms with E-state index in [2.05, 4.69) is 0 Å². The summed E-state index contributed by atoms with van der Waals surface area (Å²) in [7, 11) is 0. The van der Waals surface area contributed by atoms with Gasteiger partial charge in [-0.2, -0.15) is 0 Å². The van der Waals surface area contributed by atoms with Gasteiger partial charge in [0.2, 0.25) is 0 Å². The molecule has 140 valence electrons. The molecule has 1 aromatic carbocycles. The van der Waals surface area contributed by atoms with Gasteiger partial charge in [0.25, 0.3) is 0 Å². The number of nitrogens with zero attached hydrogens (tertiary/aromatic N) is 1. The molecule has 2 aromatic rings. The van der Waals surface area contributed by atoms with Crippen molar-refractivity contribution in [1.29, 1.82) is 0 Å². The van der Waals surface area contributed by atoms with Crippen molar-refractivity contribution in [2.45, 2.75) is 32.7 Å². The van der Waals surface area contributed by atoms with Crippen molar-refractivity contribution in [3.05, 3.63) is 53.9 Å². The van der Waals surface area contributed by atoms with Gasteiger partial charge in [0.05, 0.1) is 6.61 Å². The third kappa shape index (κ3) is 7.15. The van der Waals surface area contributed by atoms with Crippen molar-refractivity contribution in [3.63, 3.8) is 0 Å². The van der Waals surface area contributed by atoms with E-state index < -0.39 is 5.97 Å². The van der Waals surface area contributed by atoms with E-state index in [0.717, 1.165) is 24.1 Å². The van der Waals surface area contributed by atoms with Crippen molar-refractivity contribution < 1.29 is 36.7 Å². The minimum absolute atomic E-state index is 0. The van der Waals surface area contributed by atoms with Crippen LogP contribution in [0, 0.1) is 0 Å². The Kier molecular flexibility index (Phi) is 9.23. The van der Waals surface area contributed by atoms with Gasteiger partial charge in [0.15, 0.2) is 23.9 Å². The van der Waals surface area contributed by atoms with Crippen LogP contribution in [0.1, 0.15) is 37.3 Å². The third-order valence-corrected chi connectivity index (χ3v) is 3.73. The van der Waals surface area contributed by atoms with E-state index in [9.17, 15) is 9.90 Å². The molecule has 0 saturated carbocycles. The summed E-state index contributed by atoms with van der Waals surface area (Å²) in [5.74, 6) is -0.119. The molecule has 0 unspecified atom stereocenters. The quantitative estimate of drug-likeness (QED) is 0.493. The monoisotopic (exact) mass is 377 g/mol. The maximum atomic E-state index is 10.5. The number of ether oxygens (including phenoxy) is 1. The topological polar surface area (TPSA) is 70.6 Å². The number of hydrogen-bond acceptors (Lipinski definition) is 3. The van der Waals surface area contributed by atoms with Gasteiger partial charge in [0.1, 0.15) is 6.54 Å². The number of aryl methyl sites for hydroxylation is 1. The van der Waals surface area contributed by atoms with Crippen LogP contribution < -0.4 is 21.7 Å². The summed E-state index contributed by atoms with van der Waals surface area (Å²) in [4.78, 5) is 10.5. The van der Waals surface area contributed by atoms with Crippen molar-refractivity contribution in [1.82, 2.24) is 0 Å². The van der Waals surface area contributed by atoms with Gasteiger partial charge in [-0.25, -0.2) is 4.57 Å². The first-order valence-corrected chi connectivity index (χ1v) is 8.43. The highest BCUT2D eigenvalue weighted by molar-refractivity contribution is 5.70. The molecular weight excluding hydrogens is 354 g/mol. The minimum Gasteiger partial charge on any atom is -1.00 e. The average molecular weight is 378 g/mol. The highest BCUT2D eigenvalue weighted by Crippen LogP contribution is 2.27. The van der Waals surface area contributed by atoms with E-state index in [1.165, 1.54) is 0 Å². The number of pyridine rings is 1. The van der Waals surface area contributed by atoms with E-state index in [4.69, 9.17) is 9.84 Å². The third-order valence-electron chi connectivity index (χ3n) is 3.73. The van der Waals surface area contributed by atoms with E-state index >= 15 is 0 Å². The van der Waals surface area contributed by atoms with Crippen LogP contribution in [0.5, 0.6) is 11.5 Å². The van der Waals surface area contributed by atoms with Crippen molar-refractivity contribution >= 4 is 18.1 Å². The Morgan fingerprint density at radius 3 is 2.46 bits per heavy atom. The lowest BCUT2D eigenvalue weighted by Gasteiger charge is -2.06. The zero-order valence-electron chi connectivity index (χ0n) is 14.8. The maximum absolute atomic E-state index is 10.5. The van der Waals surface area contributed by atoms with Crippen LogP contribution in [0.2, 0.25) is 0 Å². The van der Waals surface area contributed by atoms with Gasteiger partial charge < -0.3 is 27.4 Å². The zero-order chi connectivity index (χ0) is 18.1. The number of halogens is 1. The summed E-state index contributed by atoms with van der Waals surface area (Å²) in [5.41, 5.74) is 2.01. The van der Waals surface area contributed by atoms with E-state index in [0.29, 0.717) is 18.8 Å². The van der Waals surface area contributed by atoms with Crippen LogP contribution in [0.3, 0.4) is 0 Å². The molecule has 0 atom stereocenters. The molecule has 6 heteroatoms. The lowest BCUT2D eigenvalue weighted by Crippen LogP contribution is -3.00. The van der Waals surface area contributed by atoms with Crippen LogP contribution in [-0.2, 0) is 11.3 Å². The molecule has 0 aliphatic rings. The largest absolute Gasteiger partial charge is 1.00 e. The molecule has 0 spiro atoms. The molecule has 0 radical (unpaired) electrons. The van der Waals surface area contributed by atoms with Crippen LogP contribution >= 0.6 is 0 Å². The first kappa shape index (κ1) is 21.5. The number of carbonyl (C=O) groups is 1. The fourth-order valence-electron chi connectivity index (χ4n) is 2.40. The highest BCUT2D eigenvalue weighted by atomic mass is 35.5. The Balaban J connectivity index is 0.00000338. The van der Waals surface area contributed by atoms with E-state index in [-0.39, 0.29) is 24.6 Å². The molecule has 0 aliphatic heterocycles. The summed E-state index contributed by atoms with van der Waals surface area (Å²) < 4.78 is 7.43. The number of aliphatic carboxylic acids is 1. The average Bonchev–Trinajstić information content (AvgIpc) is 2.60. The van der Waals surface area contributed by atoms with Gasteiger partial charge in [-0.1, -0.05) is 18.2 Å². The van der Waals surface area contributed by atoms with E-state index in [1.807, 2.05) is 54.2 Å². The molecular formula is C20H24ClNO4. The van der Waals surface area contributed by atoms with Gasteiger partial charge in [-0.3, -0.25) is 4.79 Å². The molecule has 2 rings (SSSR count). The van der Waals surface area contributed by atoms with Gasteiger partial charge in [-0.15, -0.1) is 0 Å². The summed E-state index contributed by atoms with van der Waals surface area (Å²) in [6.45, 7) is 3.20. The number of aromatic nitrogens is 1. The summed E-state index contributed by atoms with van der Waals surface area (Å²) in [5, 5.41) is 18.3. The Morgan fingerprint density at radius 2 is 1.81 bits per heavy atom. The number of benzene rings is 1. The second kappa shape index (κ2) is 11.2. The van der Waals surface area contributed by atoms with Crippen molar-refractivity contribution in [2.75, 3.05) is 6.61 Å². The summed E-state index contributed by atoms with van der Waals surface area (Å²) in [6.07, 6.45) is 9.70. The van der Waals surface area contributed by atoms with Crippen LogP contribution in [0.4, 0.5) is 0 Å². The summed E-state index contributed by atoms with van der Waals surface area (Å²) >= 11 is 0. The molecule has 0 saturated heterocycles. The van der Waals surface area contributed by atoms with Gasteiger partial charge in [0, 0.05) is 25.0 Å². The number of aromatic hydroxyl groups is 1. The standard InChI is InChI=1S/C20H23NO4.ClH/c1-2-25-19-15-17(8-9-18(19)22)7-6-16-10-13-21(14-11-16)12-4-3-5-20(23)24;/h6-11,13-15H,2-5,12H2,1H3,(H,23,24);1H. The minimum atomic E-state index is -0.743. The number of phenols is 1. The molecule has 26 heavy (non-hydrogen) atoms. The molecule has 1 heterocycles. The Bertz CT molecular complexity index is 729. The number of unbranched alkanes of at least 4 members (excludes halogenated alkanes) is 1. The smallest absolute Gasteiger partial charge is 0.303 e. The fraction of sp³-hybridized carbons (Fsp3) is 0.300. The summed E-state index contributed by atoms with van der Waals surface area (Å²) in [6, 6.07) is 9.29. The van der Waals surface area contributed by atoms with Crippen molar-refractivity contribution in [3.8, 4) is 11.5 Å². The Hall–Kier alpha value is -2.53. The predicted molar refractivity (Wildman–Crippen MR) is 96.3 cm³/mol. The lowest BCUT2D eigenvalue weighted by molar-refractivity contribution is -0.697. The highest BCUT2D eigenvalue weighted by Gasteiger charge is 2.03. The Morgan fingerprint density at radius 1 is 1.12 bits per heavy atom. The first-order valence-electron chi connectivity index (χ1n) is 8.43. The number of carboxylic acids is 1.